The maximum absolute atomic E-state index is 13.4. The van der Waals surface area contributed by atoms with Crippen LogP contribution in [-0.4, -0.2) is 13.7 Å². The molecular formula is C9H11ClFNO2. The van der Waals surface area contributed by atoms with Crippen LogP contribution in [0.1, 0.15) is 5.56 Å². The molecule has 0 aliphatic rings. The van der Waals surface area contributed by atoms with E-state index < -0.39 is 5.82 Å². The van der Waals surface area contributed by atoms with Gasteiger partial charge in [0.25, 0.3) is 0 Å². The van der Waals surface area contributed by atoms with Crippen molar-refractivity contribution in [1.82, 2.24) is 0 Å². The van der Waals surface area contributed by atoms with Gasteiger partial charge in [0.05, 0.1) is 18.7 Å². The minimum absolute atomic E-state index is 0.0410. The van der Waals surface area contributed by atoms with E-state index in [2.05, 4.69) is 4.84 Å². The van der Waals surface area contributed by atoms with Gasteiger partial charge in [0.15, 0.2) is 11.6 Å². The summed E-state index contributed by atoms with van der Waals surface area (Å²) in [4.78, 5) is 4.40. The number of hydrogen-bond acceptors (Lipinski definition) is 3. The molecule has 14 heavy (non-hydrogen) atoms. The fraction of sp³-hybridized carbons (Fsp3) is 0.333. The molecular weight excluding hydrogens is 209 g/mol. The predicted molar refractivity (Wildman–Crippen MR) is 51.8 cm³/mol. The van der Waals surface area contributed by atoms with E-state index in [0.29, 0.717) is 18.6 Å². The van der Waals surface area contributed by atoms with E-state index in [-0.39, 0.29) is 10.8 Å². The van der Waals surface area contributed by atoms with Crippen molar-refractivity contribution in [1.29, 1.82) is 0 Å². The van der Waals surface area contributed by atoms with Crippen molar-refractivity contribution in [3.8, 4) is 5.75 Å². The van der Waals surface area contributed by atoms with Crippen molar-refractivity contribution in [3.05, 3.63) is 28.5 Å². The Kier molecular flexibility index (Phi) is 4.13. The molecule has 0 saturated carbocycles. The maximum Gasteiger partial charge on any atom is 0.183 e. The first-order chi connectivity index (χ1) is 6.70. The number of methoxy groups -OCH3 is 1. The summed E-state index contributed by atoms with van der Waals surface area (Å²) in [6, 6.07) is 3.16. The van der Waals surface area contributed by atoms with Crippen LogP contribution in [0.3, 0.4) is 0 Å². The highest BCUT2D eigenvalue weighted by Gasteiger charge is 2.12. The van der Waals surface area contributed by atoms with E-state index in [1.54, 1.807) is 6.07 Å². The van der Waals surface area contributed by atoms with Crippen molar-refractivity contribution in [2.24, 2.45) is 5.90 Å². The summed E-state index contributed by atoms with van der Waals surface area (Å²) in [6.45, 7) is 0.303. The third-order valence-corrected chi connectivity index (χ3v) is 2.12. The molecule has 0 bridgehead atoms. The molecule has 0 aromatic heterocycles. The van der Waals surface area contributed by atoms with Crippen LogP contribution in [0.2, 0.25) is 5.02 Å². The third kappa shape index (κ3) is 2.35. The van der Waals surface area contributed by atoms with Crippen LogP contribution in [0.15, 0.2) is 12.1 Å². The highest BCUT2D eigenvalue weighted by atomic mass is 35.5. The van der Waals surface area contributed by atoms with Crippen LogP contribution in [0.4, 0.5) is 4.39 Å². The molecule has 0 amide bonds. The molecule has 0 fully saturated rings. The SMILES string of the molecule is COc1c(CCON)ccc(Cl)c1F. The first kappa shape index (κ1) is 11.2. The van der Waals surface area contributed by atoms with Crippen LogP contribution < -0.4 is 10.6 Å². The largest absolute Gasteiger partial charge is 0.493 e. The smallest absolute Gasteiger partial charge is 0.183 e. The standard InChI is InChI=1S/C9H11ClFNO2/c1-13-9-6(4-5-14-12)2-3-7(10)8(9)11/h2-3H,4-5,12H2,1H3. The van der Waals surface area contributed by atoms with Gasteiger partial charge in [-0.05, 0) is 11.6 Å². The maximum atomic E-state index is 13.4. The Morgan fingerprint density at radius 3 is 2.79 bits per heavy atom. The summed E-state index contributed by atoms with van der Waals surface area (Å²) in [5.74, 6) is 4.47. The Labute approximate surface area is 86.5 Å². The molecule has 0 saturated heterocycles. The van der Waals surface area contributed by atoms with E-state index in [9.17, 15) is 4.39 Å². The summed E-state index contributed by atoms with van der Waals surface area (Å²) < 4.78 is 18.3. The van der Waals surface area contributed by atoms with E-state index in [1.165, 1.54) is 13.2 Å². The van der Waals surface area contributed by atoms with E-state index in [0.717, 1.165) is 0 Å². The molecule has 1 aromatic rings. The van der Waals surface area contributed by atoms with E-state index in [4.69, 9.17) is 22.2 Å². The van der Waals surface area contributed by atoms with Gasteiger partial charge in [-0.2, -0.15) is 0 Å². The fourth-order valence-corrected chi connectivity index (χ4v) is 1.31. The number of ether oxygens (including phenoxy) is 1. The number of nitrogens with two attached hydrogens (primary N) is 1. The Balaban J connectivity index is 2.98. The van der Waals surface area contributed by atoms with Crippen LogP contribution in [0.5, 0.6) is 5.75 Å². The monoisotopic (exact) mass is 219 g/mol. The average Bonchev–Trinajstić information content (AvgIpc) is 2.20. The predicted octanol–water partition coefficient (Wildman–Crippen LogP) is 1.92. The minimum atomic E-state index is -0.552. The second-order valence-electron chi connectivity index (χ2n) is 2.67. The fourth-order valence-electron chi connectivity index (χ4n) is 1.16. The summed E-state index contributed by atoms with van der Waals surface area (Å²) in [6.07, 6.45) is 0.480. The molecule has 3 nitrogen and oxygen atoms in total. The number of hydrogen-bond donors (Lipinski definition) is 1. The molecule has 0 spiro atoms. The number of benzene rings is 1. The Morgan fingerprint density at radius 2 is 2.21 bits per heavy atom. The third-order valence-electron chi connectivity index (χ3n) is 1.82. The Hall–Kier alpha value is -0.840. The summed E-state index contributed by atoms with van der Waals surface area (Å²) in [5.41, 5.74) is 0.680. The van der Waals surface area contributed by atoms with Gasteiger partial charge in [0.1, 0.15) is 0 Å². The van der Waals surface area contributed by atoms with Gasteiger partial charge >= 0.3 is 0 Å². The highest BCUT2D eigenvalue weighted by molar-refractivity contribution is 6.30. The zero-order valence-corrected chi connectivity index (χ0v) is 8.47. The molecule has 5 heteroatoms. The van der Waals surface area contributed by atoms with Gasteiger partial charge in [0.2, 0.25) is 0 Å². The lowest BCUT2D eigenvalue weighted by Gasteiger charge is -2.09. The lowest BCUT2D eigenvalue weighted by Crippen LogP contribution is -2.05. The zero-order chi connectivity index (χ0) is 10.6. The Morgan fingerprint density at radius 1 is 1.50 bits per heavy atom. The van der Waals surface area contributed by atoms with Gasteiger partial charge in [-0.3, -0.25) is 0 Å². The quantitative estimate of drug-likeness (QED) is 0.787. The molecule has 2 N–H and O–H groups in total. The molecule has 78 valence electrons. The summed E-state index contributed by atoms with van der Waals surface area (Å²) in [5, 5.41) is 0.0410. The van der Waals surface area contributed by atoms with Gasteiger partial charge in [-0.15, -0.1) is 0 Å². The Bertz CT molecular complexity index is 320. The van der Waals surface area contributed by atoms with Crippen molar-refractivity contribution < 1.29 is 14.0 Å². The van der Waals surface area contributed by atoms with E-state index in [1.807, 2.05) is 0 Å². The first-order valence-corrected chi connectivity index (χ1v) is 4.41. The second kappa shape index (κ2) is 5.14. The zero-order valence-electron chi connectivity index (χ0n) is 7.72. The van der Waals surface area contributed by atoms with Crippen LogP contribution in [-0.2, 0) is 11.3 Å². The molecule has 0 unspecified atom stereocenters. The van der Waals surface area contributed by atoms with Crippen molar-refractivity contribution in [2.75, 3.05) is 13.7 Å². The van der Waals surface area contributed by atoms with Crippen molar-refractivity contribution in [2.45, 2.75) is 6.42 Å². The number of rotatable bonds is 4. The summed E-state index contributed by atoms with van der Waals surface area (Å²) in [7, 11) is 1.39. The molecule has 0 aliphatic carbocycles. The normalized spacial score (nSPS) is 10.3. The highest BCUT2D eigenvalue weighted by Crippen LogP contribution is 2.28. The molecule has 1 aromatic carbocycles. The average molecular weight is 220 g/mol. The first-order valence-electron chi connectivity index (χ1n) is 4.03. The molecule has 0 heterocycles. The molecule has 0 aliphatic heterocycles. The molecule has 1 rings (SSSR count). The van der Waals surface area contributed by atoms with Gasteiger partial charge in [0, 0.05) is 6.42 Å². The van der Waals surface area contributed by atoms with Gasteiger partial charge in [-0.25, -0.2) is 10.3 Å². The van der Waals surface area contributed by atoms with Gasteiger partial charge < -0.3 is 9.57 Å². The topological polar surface area (TPSA) is 44.5 Å². The van der Waals surface area contributed by atoms with Crippen molar-refractivity contribution >= 4 is 11.6 Å². The lowest BCUT2D eigenvalue weighted by molar-refractivity contribution is 0.140. The second-order valence-corrected chi connectivity index (χ2v) is 3.08. The van der Waals surface area contributed by atoms with Crippen LogP contribution in [0.25, 0.3) is 0 Å². The lowest BCUT2D eigenvalue weighted by atomic mass is 10.1. The molecule has 0 atom stereocenters. The van der Waals surface area contributed by atoms with Crippen LogP contribution in [0, 0.1) is 5.82 Å². The van der Waals surface area contributed by atoms with Crippen LogP contribution >= 0.6 is 11.6 Å². The van der Waals surface area contributed by atoms with Crippen molar-refractivity contribution in [3.63, 3.8) is 0 Å². The van der Waals surface area contributed by atoms with E-state index >= 15 is 0 Å². The number of halogens is 2. The summed E-state index contributed by atoms with van der Waals surface area (Å²) >= 11 is 5.59. The van der Waals surface area contributed by atoms with Gasteiger partial charge in [-0.1, -0.05) is 17.7 Å². The minimum Gasteiger partial charge on any atom is -0.493 e. The molecule has 0 radical (unpaired) electrons.